The molecule has 11 heteroatoms. The molecule has 0 spiro atoms. The number of alkyl carbamates (subject to hydrolysis) is 1. The summed E-state index contributed by atoms with van der Waals surface area (Å²) in [4.78, 5) is 36.0. The Labute approximate surface area is 181 Å². The van der Waals surface area contributed by atoms with Crippen molar-refractivity contribution in [3.05, 3.63) is 71.3 Å². The van der Waals surface area contributed by atoms with Gasteiger partial charge in [0.1, 0.15) is 18.7 Å². The molecule has 32 heavy (non-hydrogen) atoms. The van der Waals surface area contributed by atoms with E-state index in [1.165, 1.54) is 0 Å². The number of aliphatic hydroxyl groups is 1. The van der Waals surface area contributed by atoms with Crippen molar-refractivity contribution in [3.8, 4) is 0 Å². The summed E-state index contributed by atoms with van der Waals surface area (Å²) >= 11 is 0. The number of primary amides is 1. The largest absolute Gasteiger partial charge is 0.445 e. The predicted molar refractivity (Wildman–Crippen MR) is 107 cm³/mol. The van der Waals surface area contributed by atoms with Gasteiger partial charge in [-0.05, 0) is 23.3 Å². The average molecular weight is 453 g/mol. The molecule has 8 nitrogen and oxygen atoms in total. The number of alkyl halides is 3. The van der Waals surface area contributed by atoms with Crippen LogP contribution in [0, 0.1) is 0 Å². The lowest BCUT2D eigenvalue weighted by Crippen LogP contribution is -2.54. The maximum Gasteiger partial charge on any atom is 0.416 e. The third kappa shape index (κ3) is 7.58. The third-order valence-electron chi connectivity index (χ3n) is 4.38. The molecule has 2 atom stereocenters. The first-order valence-electron chi connectivity index (χ1n) is 9.44. The molecule has 0 fully saturated rings. The number of rotatable bonds is 9. The van der Waals surface area contributed by atoms with Crippen molar-refractivity contribution in [1.82, 2.24) is 10.6 Å². The Morgan fingerprint density at radius 1 is 0.938 bits per heavy atom. The molecule has 5 N–H and O–H groups in total. The molecular formula is C21H22F3N3O5. The van der Waals surface area contributed by atoms with Gasteiger partial charge in [-0.2, -0.15) is 13.2 Å². The van der Waals surface area contributed by atoms with Crippen LogP contribution in [0.5, 0.6) is 0 Å². The van der Waals surface area contributed by atoms with Crippen molar-refractivity contribution in [2.45, 2.75) is 31.3 Å². The second-order valence-electron chi connectivity index (χ2n) is 6.80. The fraction of sp³-hybridized carbons (Fsp3) is 0.286. The highest BCUT2D eigenvalue weighted by Crippen LogP contribution is 2.29. The van der Waals surface area contributed by atoms with Gasteiger partial charge in [0, 0.05) is 6.42 Å². The van der Waals surface area contributed by atoms with E-state index in [0.29, 0.717) is 11.1 Å². The number of halogens is 3. The van der Waals surface area contributed by atoms with Crippen LogP contribution in [-0.4, -0.2) is 41.7 Å². The number of nitrogens with one attached hydrogen (secondary N) is 2. The van der Waals surface area contributed by atoms with Crippen molar-refractivity contribution >= 4 is 17.9 Å². The lowest BCUT2D eigenvalue weighted by atomic mass is 10.0. The molecule has 0 heterocycles. The monoisotopic (exact) mass is 453 g/mol. The van der Waals surface area contributed by atoms with Gasteiger partial charge in [-0.25, -0.2) is 4.79 Å². The van der Waals surface area contributed by atoms with E-state index in [4.69, 9.17) is 10.5 Å². The van der Waals surface area contributed by atoms with E-state index in [1.54, 1.807) is 30.3 Å². The Bertz CT molecular complexity index is 921. The minimum atomic E-state index is -4.51. The Balaban J connectivity index is 1.94. The van der Waals surface area contributed by atoms with Gasteiger partial charge in [0.15, 0.2) is 0 Å². The molecule has 3 amide bonds. The summed E-state index contributed by atoms with van der Waals surface area (Å²) in [5.41, 5.74) is 5.44. The summed E-state index contributed by atoms with van der Waals surface area (Å²) in [5, 5.41) is 13.9. The first-order chi connectivity index (χ1) is 15.1. The maximum atomic E-state index is 12.7. The molecule has 0 radical (unpaired) electrons. The minimum Gasteiger partial charge on any atom is -0.445 e. The molecule has 0 aliphatic heterocycles. The summed E-state index contributed by atoms with van der Waals surface area (Å²) in [6, 6.07) is 10.0. The van der Waals surface area contributed by atoms with Gasteiger partial charge in [0.25, 0.3) is 0 Å². The highest BCUT2D eigenvalue weighted by molar-refractivity contribution is 5.91. The predicted octanol–water partition coefficient (Wildman–Crippen LogP) is 1.51. The van der Waals surface area contributed by atoms with Gasteiger partial charge in [0.2, 0.25) is 11.8 Å². The Hall–Kier alpha value is -3.60. The van der Waals surface area contributed by atoms with Gasteiger partial charge >= 0.3 is 12.3 Å². The topological polar surface area (TPSA) is 131 Å². The molecule has 0 aliphatic carbocycles. The first-order valence-corrected chi connectivity index (χ1v) is 9.44. The summed E-state index contributed by atoms with van der Waals surface area (Å²) in [5.74, 6) is -1.86. The molecule has 2 rings (SSSR count). The average Bonchev–Trinajstić information content (AvgIpc) is 2.75. The van der Waals surface area contributed by atoms with Crippen LogP contribution >= 0.6 is 0 Å². The van der Waals surface area contributed by atoms with Crippen LogP contribution < -0.4 is 16.4 Å². The fourth-order valence-corrected chi connectivity index (χ4v) is 2.66. The molecule has 0 unspecified atom stereocenters. The van der Waals surface area contributed by atoms with Crippen molar-refractivity contribution in [2.75, 3.05) is 6.61 Å². The normalized spacial score (nSPS) is 13.0. The fourth-order valence-electron chi connectivity index (χ4n) is 2.66. The van der Waals surface area contributed by atoms with E-state index < -0.39 is 48.3 Å². The summed E-state index contributed by atoms with van der Waals surface area (Å²) in [6.07, 6.45) is -5.66. The number of benzene rings is 2. The van der Waals surface area contributed by atoms with E-state index in [2.05, 4.69) is 10.6 Å². The second kappa shape index (κ2) is 11.1. The lowest BCUT2D eigenvalue weighted by Gasteiger charge is -2.20. The van der Waals surface area contributed by atoms with Gasteiger partial charge in [-0.3, -0.25) is 9.59 Å². The van der Waals surface area contributed by atoms with E-state index in [9.17, 15) is 32.7 Å². The zero-order valence-corrected chi connectivity index (χ0v) is 16.8. The van der Waals surface area contributed by atoms with Crippen molar-refractivity contribution in [3.63, 3.8) is 0 Å². The van der Waals surface area contributed by atoms with Crippen LogP contribution in [0.1, 0.15) is 16.7 Å². The van der Waals surface area contributed by atoms with Crippen LogP contribution in [0.15, 0.2) is 54.6 Å². The number of hydrogen-bond acceptors (Lipinski definition) is 5. The number of carbonyl (C=O) groups is 3. The highest BCUT2D eigenvalue weighted by Gasteiger charge is 2.30. The van der Waals surface area contributed by atoms with Gasteiger partial charge in [-0.1, -0.05) is 42.5 Å². The lowest BCUT2D eigenvalue weighted by molar-refractivity contribution is -0.137. The molecule has 0 saturated carbocycles. The first kappa shape index (κ1) is 24.7. The Morgan fingerprint density at radius 2 is 1.56 bits per heavy atom. The van der Waals surface area contributed by atoms with E-state index >= 15 is 0 Å². The molecule has 2 aromatic carbocycles. The van der Waals surface area contributed by atoms with E-state index in [-0.39, 0.29) is 13.0 Å². The number of ether oxygens (including phenoxy) is 1. The van der Waals surface area contributed by atoms with Gasteiger partial charge in [-0.15, -0.1) is 0 Å². The van der Waals surface area contributed by atoms with Crippen molar-refractivity contribution in [1.29, 1.82) is 0 Å². The van der Waals surface area contributed by atoms with Crippen molar-refractivity contribution < 1.29 is 37.4 Å². The molecule has 0 bridgehead atoms. The van der Waals surface area contributed by atoms with Gasteiger partial charge in [0.05, 0.1) is 12.2 Å². The van der Waals surface area contributed by atoms with Crippen molar-refractivity contribution in [2.24, 2.45) is 5.73 Å². The summed E-state index contributed by atoms with van der Waals surface area (Å²) in [7, 11) is 0. The maximum absolute atomic E-state index is 12.7. The highest BCUT2D eigenvalue weighted by atomic mass is 19.4. The molecule has 0 aliphatic rings. The van der Waals surface area contributed by atoms with Crippen LogP contribution in [0.2, 0.25) is 0 Å². The second-order valence-corrected chi connectivity index (χ2v) is 6.80. The van der Waals surface area contributed by atoms with Gasteiger partial charge < -0.3 is 26.2 Å². The van der Waals surface area contributed by atoms with E-state index in [0.717, 1.165) is 24.3 Å². The summed E-state index contributed by atoms with van der Waals surface area (Å²) < 4.78 is 43.0. The number of hydrogen-bond donors (Lipinski definition) is 4. The quantitative estimate of drug-likeness (QED) is 0.457. The molecule has 0 aromatic heterocycles. The number of amides is 3. The molecular weight excluding hydrogens is 431 g/mol. The Morgan fingerprint density at radius 3 is 2.09 bits per heavy atom. The van der Waals surface area contributed by atoms with E-state index in [1.807, 2.05) is 0 Å². The molecule has 0 saturated heterocycles. The zero-order chi connectivity index (χ0) is 23.7. The SMILES string of the molecule is NC(=O)[C@H](Cc1ccc(C(F)(F)F)cc1)NC(=O)[C@H](CO)NC(=O)OCc1ccccc1. The van der Waals surface area contributed by atoms with Crippen LogP contribution in [-0.2, 0) is 33.5 Å². The van der Waals surface area contributed by atoms with Crippen LogP contribution in [0.25, 0.3) is 0 Å². The van der Waals surface area contributed by atoms with Crippen LogP contribution in [0.3, 0.4) is 0 Å². The molecule has 2 aromatic rings. The minimum absolute atomic E-state index is 0.0652. The smallest absolute Gasteiger partial charge is 0.416 e. The molecule has 172 valence electrons. The Kier molecular flexibility index (Phi) is 8.59. The number of carbonyl (C=O) groups excluding carboxylic acids is 3. The standard InChI is InChI=1S/C21H22F3N3O5/c22-21(23,24)15-8-6-13(7-9-15)10-16(18(25)29)26-19(30)17(11-28)27-20(31)32-12-14-4-2-1-3-5-14/h1-9,16-17,28H,10-12H2,(H2,25,29)(H,26,30)(H,27,31)/t16-,17-/m0/s1. The summed E-state index contributed by atoms with van der Waals surface area (Å²) in [6.45, 7) is -0.859. The number of aliphatic hydroxyl groups excluding tert-OH is 1. The number of nitrogens with two attached hydrogens (primary N) is 1. The zero-order valence-electron chi connectivity index (χ0n) is 16.8. The third-order valence-corrected chi connectivity index (χ3v) is 4.38. The van der Waals surface area contributed by atoms with Crippen LogP contribution in [0.4, 0.5) is 18.0 Å².